The van der Waals surface area contributed by atoms with Crippen molar-refractivity contribution in [2.24, 2.45) is 5.92 Å². The third-order valence-electron chi connectivity index (χ3n) is 3.49. The highest BCUT2D eigenvalue weighted by atomic mass is 16.7. The van der Waals surface area contributed by atoms with Crippen LogP contribution in [0.5, 0.6) is 0 Å². The van der Waals surface area contributed by atoms with Crippen molar-refractivity contribution >= 4 is 5.97 Å². The molecule has 80 valence electrons. The van der Waals surface area contributed by atoms with E-state index in [0.29, 0.717) is 19.6 Å². The summed E-state index contributed by atoms with van der Waals surface area (Å²) in [5.41, 5.74) is -1.15. The zero-order valence-corrected chi connectivity index (χ0v) is 8.83. The number of carbonyl (C=O) groups is 1. The van der Waals surface area contributed by atoms with Crippen LogP contribution in [0.3, 0.4) is 0 Å². The lowest BCUT2D eigenvalue weighted by Gasteiger charge is -2.14. The van der Waals surface area contributed by atoms with Crippen molar-refractivity contribution in [3.8, 4) is 0 Å². The summed E-state index contributed by atoms with van der Waals surface area (Å²) in [6.07, 6.45) is 0.646. The second kappa shape index (κ2) is 2.94. The Hall–Kier alpha value is -0.610. The Labute approximate surface area is 83.5 Å². The van der Waals surface area contributed by atoms with Gasteiger partial charge in [-0.15, -0.1) is 0 Å². The molecule has 0 bridgehead atoms. The summed E-state index contributed by atoms with van der Waals surface area (Å²) in [5.74, 6) is -0.00102. The Kier molecular flexibility index (Phi) is 2.08. The molecule has 1 spiro atoms. The largest absolute Gasteiger partial charge is 0.467 e. The molecule has 0 saturated carbocycles. The van der Waals surface area contributed by atoms with Crippen LogP contribution < -0.4 is 0 Å². The Morgan fingerprint density at radius 3 is 2.79 bits per heavy atom. The van der Waals surface area contributed by atoms with Crippen LogP contribution in [0.15, 0.2) is 0 Å². The van der Waals surface area contributed by atoms with Crippen LogP contribution in [0.25, 0.3) is 0 Å². The summed E-state index contributed by atoms with van der Waals surface area (Å²) < 4.78 is 15.8. The van der Waals surface area contributed by atoms with Crippen LogP contribution in [-0.4, -0.2) is 37.5 Å². The fourth-order valence-electron chi connectivity index (χ4n) is 2.49. The Morgan fingerprint density at radius 2 is 2.36 bits per heavy atom. The van der Waals surface area contributed by atoms with E-state index in [2.05, 4.69) is 0 Å². The van der Waals surface area contributed by atoms with Crippen molar-refractivity contribution in [2.45, 2.75) is 31.5 Å². The van der Waals surface area contributed by atoms with Gasteiger partial charge in [-0.3, -0.25) is 0 Å². The Balaban J connectivity index is 2.23. The quantitative estimate of drug-likeness (QED) is 0.487. The second-order valence-corrected chi connectivity index (χ2v) is 4.08. The monoisotopic (exact) mass is 200 g/mol. The fraction of sp³-hybridized carbons (Fsp3) is 0.900. The van der Waals surface area contributed by atoms with Crippen molar-refractivity contribution in [2.75, 3.05) is 20.3 Å². The van der Waals surface area contributed by atoms with Gasteiger partial charge in [-0.2, -0.15) is 0 Å². The van der Waals surface area contributed by atoms with Gasteiger partial charge >= 0.3 is 5.97 Å². The molecule has 14 heavy (non-hydrogen) atoms. The molecule has 2 rings (SSSR count). The average Bonchev–Trinajstić information content (AvgIpc) is 2.74. The van der Waals surface area contributed by atoms with E-state index in [9.17, 15) is 4.79 Å². The molecule has 0 aromatic heterocycles. The van der Waals surface area contributed by atoms with E-state index >= 15 is 0 Å². The van der Waals surface area contributed by atoms with Crippen LogP contribution in [0.4, 0.5) is 0 Å². The Bertz CT molecular complexity index is 265. The number of esters is 1. The van der Waals surface area contributed by atoms with Crippen molar-refractivity contribution < 1.29 is 19.0 Å². The highest BCUT2D eigenvalue weighted by molar-refractivity contribution is 5.85. The molecule has 3 unspecified atom stereocenters. The molecular formula is C10H16O4. The van der Waals surface area contributed by atoms with Gasteiger partial charge in [0.1, 0.15) is 5.60 Å². The van der Waals surface area contributed by atoms with Crippen LogP contribution in [-0.2, 0) is 19.0 Å². The molecule has 4 nitrogen and oxygen atoms in total. The summed E-state index contributed by atoms with van der Waals surface area (Å²) in [6.45, 7) is 5.17. The van der Waals surface area contributed by atoms with Gasteiger partial charge in [-0.05, 0) is 6.42 Å². The molecule has 4 heteroatoms. The molecule has 0 aromatic rings. The summed E-state index contributed by atoms with van der Waals surface area (Å²) in [6, 6.07) is 0. The van der Waals surface area contributed by atoms with E-state index < -0.39 is 11.2 Å². The average molecular weight is 200 g/mol. The van der Waals surface area contributed by atoms with Crippen molar-refractivity contribution in [3.05, 3.63) is 0 Å². The molecule has 0 amide bonds. The van der Waals surface area contributed by atoms with Gasteiger partial charge in [0.15, 0.2) is 5.60 Å². The third kappa shape index (κ3) is 0.929. The lowest BCUT2D eigenvalue weighted by Crippen LogP contribution is -2.38. The summed E-state index contributed by atoms with van der Waals surface area (Å²) in [5, 5.41) is 0. The lowest BCUT2D eigenvalue weighted by molar-refractivity contribution is -0.147. The first-order valence-corrected chi connectivity index (χ1v) is 4.99. The van der Waals surface area contributed by atoms with Crippen LogP contribution in [0.1, 0.15) is 20.3 Å². The van der Waals surface area contributed by atoms with Gasteiger partial charge in [-0.25, -0.2) is 4.79 Å². The van der Waals surface area contributed by atoms with Gasteiger partial charge in [0.25, 0.3) is 0 Å². The molecule has 2 aliphatic heterocycles. The van der Waals surface area contributed by atoms with Crippen LogP contribution >= 0.6 is 0 Å². The number of hydrogen-bond acceptors (Lipinski definition) is 4. The second-order valence-electron chi connectivity index (χ2n) is 4.08. The predicted molar refractivity (Wildman–Crippen MR) is 48.8 cm³/mol. The number of epoxide rings is 1. The number of hydrogen-bond donors (Lipinski definition) is 0. The molecule has 0 N–H and O–H groups in total. The topological polar surface area (TPSA) is 48.1 Å². The molecule has 0 aliphatic carbocycles. The van der Waals surface area contributed by atoms with Gasteiger partial charge in [0, 0.05) is 5.92 Å². The Morgan fingerprint density at radius 1 is 1.64 bits per heavy atom. The van der Waals surface area contributed by atoms with E-state index in [4.69, 9.17) is 14.2 Å². The first kappa shape index (κ1) is 9.93. The van der Waals surface area contributed by atoms with Gasteiger partial charge in [0.05, 0.1) is 20.3 Å². The molecule has 2 saturated heterocycles. The maximum Gasteiger partial charge on any atom is 0.341 e. The molecule has 0 aromatic carbocycles. The van der Waals surface area contributed by atoms with Crippen LogP contribution in [0, 0.1) is 5.92 Å². The minimum Gasteiger partial charge on any atom is -0.467 e. The minimum atomic E-state index is -0.738. The summed E-state index contributed by atoms with van der Waals surface area (Å²) in [7, 11) is 1.40. The van der Waals surface area contributed by atoms with Gasteiger partial charge < -0.3 is 14.2 Å². The van der Waals surface area contributed by atoms with E-state index in [0.717, 1.165) is 0 Å². The first-order valence-electron chi connectivity index (χ1n) is 4.99. The predicted octanol–water partition coefficient (Wildman–Crippen LogP) is 0.744. The van der Waals surface area contributed by atoms with Crippen molar-refractivity contribution in [1.29, 1.82) is 0 Å². The molecule has 2 aliphatic rings. The molecule has 2 fully saturated rings. The standard InChI is InChI=1S/C10H16O4/c1-4-9(8(11)12-3)10(14-9)6-13-5-7(10)2/h7H,4-6H2,1-3H3. The summed E-state index contributed by atoms with van der Waals surface area (Å²) >= 11 is 0. The zero-order valence-electron chi connectivity index (χ0n) is 8.83. The van der Waals surface area contributed by atoms with E-state index in [1.54, 1.807) is 0 Å². The highest BCUT2D eigenvalue weighted by Crippen LogP contribution is 2.58. The normalized spacial score (nSPS) is 45.5. The molecule has 3 atom stereocenters. The molecule has 2 heterocycles. The highest BCUT2D eigenvalue weighted by Gasteiger charge is 2.78. The number of ether oxygens (including phenoxy) is 3. The first-order chi connectivity index (χ1) is 6.63. The number of carbonyl (C=O) groups excluding carboxylic acids is 1. The SMILES string of the molecule is CCC1(C(=O)OC)OC12COCC2C. The lowest BCUT2D eigenvalue weighted by atomic mass is 9.83. The molecule has 0 radical (unpaired) electrons. The maximum atomic E-state index is 11.6. The third-order valence-corrected chi connectivity index (χ3v) is 3.49. The van der Waals surface area contributed by atoms with Gasteiger partial charge in [0.2, 0.25) is 0 Å². The maximum absolute atomic E-state index is 11.6. The summed E-state index contributed by atoms with van der Waals surface area (Å²) in [4.78, 5) is 11.6. The molecular weight excluding hydrogens is 184 g/mol. The fourth-order valence-corrected chi connectivity index (χ4v) is 2.49. The van der Waals surface area contributed by atoms with Crippen molar-refractivity contribution in [3.63, 3.8) is 0 Å². The van der Waals surface area contributed by atoms with E-state index in [1.165, 1.54) is 7.11 Å². The number of methoxy groups -OCH3 is 1. The smallest absolute Gasteiger partial charge is 0.341 e. The minimum absolute atomic E-state index is 0.265. The van der Waals surface area contributed by atoms with E-state index in [-0.39, 0.29) is 11.9 Å². The number of rotatable bonds is 2. The van der Waals surface area contributed by atoms with Crippen molar-refractivity contribution in [1.82, 2.24) is 0 Å². The zero-order chi connectivity index (χ0) is 10.4. The van der Waals surface area contributed by atoms with Crippen LogP contribution in [0.2, 0.25) is 0 Å². The van der Waals surface area contributed by atoms with E-state index in [1.807, 2.05) is 13.8 Å². The van der Waals surface area contributed by atoms with Gasteiger partial charge in [-0.1, -0.05) is 13.8 Å².